The minimum Gasteiger partial charge on any atom is -0.496 e. The summed E-state index contributed by atoms with van der Waals surface area (Å²) >= 11 is 0. The molecule has 7 heteroatoms. The van der Waals surface area contributed by atoms with Crippen LogP contribution in [0.1, 0.15) is 54.6 Å². The van der Waals surface area contributed by atoms with Gasteiger partial charge in [0.05, 0.1) is 38.6 Å². The highest BCUT2D eigenvalue weighted by Crippen LogP contribution is 2.48. The van der Waals surface area contributed by atoms with E-state index in [0.29, 0.717) is 48.1 Å². The lowest BCUT2D eigenvalue weighted by Crippen LogP contribution is -2.40. The standard InChI is InChI=1S/C26H33NO6/c1-27-12-15-9-24-19(11-23(15)30-2)26(29)21(14-32-24)20-13-31-22-8-7-17(10-18(22)25(20)28)33-16-5-3-4-6-16/h7-11,16,20-21,25-29H,3-6,12-14H2,1-2H3/t20-,21+,25-,26+/m1/s1. The average molecular weight is 456 g/mol. The van der Waals surface area contributed by atoms with E-state index in [-0.39, 0.29) is 17.9 Å². The lowest BCUT2D eigenvalue weighted by molar-refractivity contribution is -0.0553. The molecule has 0 aromatic heterocycles. The fourth-order valence-electron chi connectivity index (χ4n) is 5.38. The number of methoxy groups -OCH3 is 1. The highest BCUT2D eigenvalue weighted by atomic mass is 16.5. The van der Waals surface area contributed by atoms with Gasteiger partial charge in [-0.3, -0.25) is 0 Å². The number of nitrogens with one attached hydrogen (secondary N) is 1. The van der Waals surface area contributed by atoms with Gasteiger partial charge in [-0.1, -0.05) is 0 Å². The number of hydrogen-bond acceptors (Lipinski definition) is 7. The molecule has 2 aliphatic heterocycles. The van der Waals surface area contributed by atoms with Crippen LogP contribution >= 0.6 is 0 Å². The first-order valence-electron chi connectivity index (χ1n) is 11.9. The van der Waals surface area contributed by atoms with Crippen molar-refractivity contribution in [2.45, 2.75) is 50.5 Å². The van der Waals surface area contributed by atoms with Crippen LogP contribution in [0.2, 0.25) is 0 Å². The van der Waals surface area contributed by atoms with E-state index in [4.69, 9.17) is 18.9 Å². The minimum atomic E-state index is -0.797. The number of ether oxygens (including phenoxy) is 4. The van der Waals surface area contributed by atoms with Gasteiger partial charge in [-0.15, -0.1) is 0 Å². The number of aliphatic hydroxyl groups is 2. The zero-order valence-electron chi connectivity index (χ0n) is 19.3. The van der Waals surface area contributed by atoms with Gasteiger partial charge in [0.2, 0.25) is 0 Å². The van der Waals surface area contributed by atoms with Crippen LogP contribution in [-0.4, -0.2) is 43.7 Å². The van der Waals surface area contributed by atoms with Crippen molar-refractivity contribution in [3.8, 4) is 23.0 Å². The van der Waals surface area contributed by atoms with Crippen LogP contribution in [-0.2, 0) is 6.54 Å². The van der Waals surface area contributed by atoms with E-state index in [1.165, 1.54) is 12.8 Å². The van der Waals surface area contributed by atoms with E-state index in [9.17, 15) is 10.2 Å². The average Bonchev–Trinajstić information content (AvgIpc) is 3.33. The van der Waals surface area contributed by atoms with Crippen LogP contribution < -0.4 is 24.3 Å². The Morgan fingerprint density at radius 1 is 0.939 bits per heavy atom. The fourth-order valence-corrected chi connectivity index (χ4v) is 5.38. The molecule has 1 aliphatic carbocycles. The maximum Gasteiger partial charge on any atom is 0.125 e. The normalized spacial score (nSPS) is 26.7. The largest absolute Gasteiger partial charge is 0.496 e. The number of rotatable bonds is 6. The molecule has 4 atom stereocenters. The van der Waals surface area contributed by atoms with E-state index in [1.54, 1.807) is 7.11 Å². The van der Waals surface area contributed by atoms with Gasteiger partial charge in [0.15, 0.2) is 0 Å². The second kappa shape index (κ2) is 9.41. The van der Waals surface area contributed by atoms with Gasteiger partial charge in [0, 0.05) is 35.1 Å². The molecule has 1 fully saturated rings. The summed E-state index contributed by atoms with van der Waals surface area (Å²) in [6.45, 7) is 1.25. The topological polar surface area (TPSA) is 89.4 Å². The second-order valence-corrected chi connectivity index (χ2v) is 9.30. The van der Waals surface area contributed by atoms with Gasteiger partial charge < -0.3 is 34.5 Å². The van der Waals surface area contributed by atoms with Gasteiger partial charge in [-0.2, -0.15) is 0 Å². The number of fused-ring (bicyclic) bond motifs is 2. The quantitative estimate of drug-likeness (QED) is 0.614. The predicted molar refractivity (Wildman–Crippen MR) is 123 cm³/mol. The van der Waals surface area contributed by atoms with Crippen molar-refractivity contribution in [3.63, 3.8) is 0 Å². The lowest BCUT2D eigenvalue weighted by atomic mass is 9.77. The molecule has 0 saturated heterocycles. The molecule has 2 heterocycles. The molecular weight excluding hydrogens is 422 g/mol. The molecule has 178 valence electrons. The van der Waals surface area contributed by atoms with Crippen LogP contribution in [0.4, 0.5) is 0 Å². The molecule has 2 aromatic rings. The lowest BCUT2D eigenvalue weighted by Gasteiger charge is -2.40. The summed E-state index contributed by atoms with van der Waals surface area (Å²) in [5, 5.41) is 25.7. The summed E-state index contributed by atoms with van der Waals surface area (Å²) in [5.41, 5.74) is 2.36. The van der Waals surface area contributed by atoms with Crippen LogP contribution in [0.15, 0.2) is 30.3 Å². The van der Waals surface area contributed by atoms with E-state index in [1.807, 2.05) is 37.4 Å². The summed E-state index contributed by atoms with van der Waals surface area (Å²) in [5.74, 6) is 2.15. The Hall–Kier alpha value is -2.48. The molecule has 0 spiro atoms. The predicted octanol–water partition coefficient (Wildman–Crippen LogP) is 3.52. The maximum atomic E-state index is 11.3. The van der Waals surface area contributed by atoms with E-state index >= 15 is 0 Å². The van der Waals surface area contributed by atoms with Gasteiger partial charge in [0.1, 0.15) is 23.0 Å². The Labute approximate surface area is 194 Å². The maximum absolute atomic E-state index is 11.3. The molecule has 1 saturated carbocycles. The Morgan fingerprint density at radius 2 is 1.61 bits per heavy atom. The van der Waals surface area contributed by atoms with Crippen molar-refractivity contribution in [3.05, 3.63) is 47.0 Å². The van der Waals surface area contributed by atoms with Crippen molar-refractivity contribution < 1.29 is 29.2 Å². The summed E-state index contributed by atoms with van der Waals surface area (Å²) in [6.07, 6.45) is 3.21. The first-order valence-corrected chi connectivity index (χ1v) is 11.9. The van der Waals surface area contributed by atoms with Crippen LogP contribution in [0.3, 0.4) is 0 Å². The van der Waals surface area contributed by atoms with E-state index in [0.717, 1.165) is 24.2 Å². The second-order valence-electron chi connectivity index (χ2n) is 9.30. The number of hydrogen-bond donors (Lipinski definition) is 3. The Kier molecular flexibility index (Phi) is 6.36. The van der Waals surface area contributed by atoms with Crippen molar-refractivity contribution in [1.29, 1.82) is 0 Å². The summed E-state index contributed by atoms with van der Waals surface area (Å²) in [6, 6.07) is 9.43. The smallest absolute Gasteiger partial charge is 0.125 e. The number of aliphatic hydroxyl groups excluding tert-OH is 2. The molecule has 2 aromatic carbocycles. The summed E-state index contributed by atoms with van der Waals surface area (Å²) < 4.78 is 23.7. The molecule has 0 radical (unpaired) electrons. The molecule has 33 heavy (non-hydrogen) atoms. The molecule has 3 aliphatic rings. The molecule has 5 rings (SSSR count). The third-order valence-corrected chi connectivity index (χ3v) is 7.23. The first-order chi connectivity index (χ1) is 16.1. The Bertz CT molecular complexity index is 989. The summed E-state index contributed by atoms with van der Waals surface area (Å²) in [7, 11) is 3.49. The van der Waals surface area contributed by atoms with Crippen LogP contribution in [0, 0.1) is 11.8 Å². The highest BCUT2D eigenvalue weighted by Gasteiger charge is 2.42. The monoisotopic (exact) mass is 455 g/mol. The summed E-state index contributed by atoms with van der Waals surface area (Å²) in [4.78, 5) is 0. The van der Waals surface area contributed by atoms with E-state index < -0.39 is 12.2 Å². The molecule has 3 N–H and O–H groups in total. The van der Waals surface area contributed by atoms with E-state index in [2.05, 4.69) is 5.32 Å². The zero-order chi connectivity index (χ0) is 22.9. The van der Waals surface area contributed by atoms with Gasteiger partial charge in [-0.05, 0) is 63.1 Å². The van der Waals surface area contributed by atoms with Gasteiger partial charge >= 0.3 is 0 Å². The minimum absolute atomic E-state index is 0.244. The van der Waals surface area contributed by atoms with Crippen LogP contribution in [0.25, 0.3) is 0 Å². The molecule has 0 amide bonds. The third-order valence-electron chi connectivity index (χ3n) is 7.23. The molecule has 0 bridgehead atoms. The van der Waals surface area contributed by atoms with Gasteiger partial charge in [0.25, 0.3) is 0 Å². The number of benzene rings is 2. The van der Waals surface area contributed by atoms with Crippen molar-refractivity contribution >= 4 is 0 Å². The van der Waals surface area contributed by atoms with Crippen LogP contribution in [0.5, 0.6) is 23.0 Å². The Morgan fingerprint density at radius 3 is 2.27 bits per heavy atom. The SMILES string of the molecule is CNCc1cc2c(cc1OC)[C@H](O)[C@H]([C@H]1COc3ccc(OC4CCCC4)cc3[C@H]1O)CO2. The van der Waals surface area contributed by atoms with Crippen molar-refractivity contribution in [2.24, 2.45) is 11.8 Å². The molecular formula is C26H33NO6. The Balaban J connectivity index is 1.37. The zero-order valence-corrected chi connectivity index (χ0v) is 19.3. The fraction of sp³-hybridized carbons (Fsp3) is 0.538. The highest BCUT2D eigenvalue weighted by molar-refractivity contribution is 5.49. The third kappa shape index (κ3) is 4.25. The molecule has 7 nitrogen and oxygen atoms in total. The van der Waals surface area contributed by atoms with Crippen molar-refractivity contribution in [1.82, 2.24) is 5.32 Å². The van der Waals surface area contributed by atoms with Crippen molar-refractivity contribution in [2.75, 3.05) is 27.4 Å². The molecule has 0 unspecified atom stereocenters. The first kappa shape index (κ1) is 22.3. The van der Waals surface area contributed by atoms with Gasteiger partial charge in [-0.25, -0.2) is 0 Å².